The molecular weight excluding hydrogens is 642 g/mol. The van der Waals surface area contributed by atoms with Crippen LogP contribution in [-0.2, 0) is 22.4 Å². The van der Waals surface area contributed by atoms with Gasteiger partial charge < -0.3 is 35.0 Å². The summed E-state index contributed by atoms with van der Waals surface area (Å²) in [4.78, 5) is 48.0. The van der Waals surface area contributed by atoms with Gasteiger partial charge >= 0.3 is 12.1 Å². The summed E-state index contributed by atoms with van der Waals surface area (Å²) in [5, 5.41) is 23.0. The summed E-state index contributed by atoms with van der Waals surface area (Å²) in [5.74, 6) is -0.124. The summed E-state index contributed by atoms with van der Waals surface area (Å²) < 4.78 is 6.47. The van der Waals surface area contributed by atoms with E-state index in [1.165, 1.54) is 0 Å². The molecule has 242 valence electrons. The number of ether oxygens (including phenoxy) is 1. The van der Waals surface area contributed by atoms with Crippen LogP contribution in [0, 0.1) is 0 Å². The largest absolute Gasteiger partial charge is 0.507 e. The number of para-hydroxylation sites is 1. The zero-order chi connectivity index (χ0) is 31.5. The minimum Gasteiger partial charge on any atom is -0.507 e. The van der Waals surface area contributed by atoms with Crippen molar-refractivity contribution in [1.29, 1.82) is 0 Å². The van der Waals surface area contributed by atoms with Gasteiger partial charge in [0.25, 0.3) is 5.91 Å². The van der Waals surface area contributed by atoms with Crippen molar-refractivity contribution in [3.05, 3.63) is 58.1 Å². The molecule has 3 fully saturated rings. The number of halogens is 1. The number of hydrogen-bond acceptors (Lipinski definition) is 7. The van der Waals surface area contributed by atoms with Gasteiger partial charge in [0.05, 0.1) is 10.6 Å². The van der Waals surface area contributed by atoms with Gasteiger partial charge in [-0.2, -0.15) is 0 Å². The third-order valence-corrected chi connectivity index (χ3v) is 10.4. The van der Waals surface area contributed by atoms with Gasteiger partial charge in [-0.25, -0.2) is 9.59 Å². The normalized spacial score (nSPS) is 22.5. The third-order valence-electron chi connectivity index (χ3n) is 9.74. The third kappa shape index (κ3) is 7.39. The molecule has 0 aromatic heterocycles. The molecule has 11 nitrogen and oxygen atoms in total. The number of aromatic hydroxyl groups is 1. The Labute approximate surface area is 272 Å². The number of rotatable bonds is 6. The zero-order valence-corrected chi connectivity index (χ0v) is 27.0. The van der Waals surface area contributed by atoms with E-state index in [1.807, 2.05) is 29.2 Å². The highest BCUT2D eigenvalue weighted by Crippen LogP contribution is 2.28. The minimum absolute atomic E-state index is 0.00755. The van der Waals surface area contributed by atoms with Crippen molar-refractivity contribution in [3.8, 4) is 5.75 Å². The second-order valence-corrected chi connectivity index (χ2v) is 13.5. The lowest BCUT2D eigenvalue weighted by atomic mass is 10.0. The Balaban J connectivity index is 1.07. The van der Waals surface area contributed by atoms with Crippen LogP contribution >= 0.6 is 15.9 Å². The topological polar surface area (TPSA) is 126 Å². The van der Waals surface area contributed by atoms with Crippen molar-refractivity contribution in [2.75, 3.05) is 51.1 Å². The summed E-state index contributed by atoms with van der Waals surface area (Å²) >= 11 is 3.35. The van der Waals surface area contributed by atoms with Crippen molar-refractivity contribution < 1.29 is 29.3 Å². The molecule has 4 aliphatic rings. The molecule has 0 bridgehead atoms. The summed E-state index contributed by atoms with van der Waals surface area (Å²) in [5.41, 5.74) is 2.73. The Kier molecular flexibility index (Phi) is 9.81. The number of carbonyl (C=O) groups excluding carboxylic acids is 3. The van der Waals surface area contributed by atoms with Gasteiger partial charge in [-0.15, -0.1) is 0 Å². The number of amides is 4. The van der Waals surface area contributed by atoms with Crippen LogP contribution in [0.25, 0.3) is 0 Å². The molecule has 6 rings (SSSR count). The molecule has 0 radical (unpaired) electrons. The molecular formula is C33H42BrN5O6. The van der Waals surface area contributed by atoms with E-state index in [4.69, 9.17) is 4.74 Å². The minimum atomic E-state index is -1.01. The fourth-order valence-electron chi connectivity index (χ4n) is 7.12. The van der Waals surface area contributed by atoms with Crippen LogP contribution in [0.1, 0.15) is 43.2 Å². The number of anilines is 1. The van der Waals surface area contributed by atoms with Crippen LogP contribution < -0.4 is 5.32 Å². The number of benzene rings is 2. The standard InChI is InChI=1S/C33H42BrN5O6/c34-27-19-22(5-6-29(27)41)20-30(31(42)36-13-8-24(9-14-36)38-17-12-26(40)21-38)45-33(44)37-15-10-25(11-16-37)39-18-7-23-3-1-2-4-28(23)35-32(39)43/h1-6,19,24-26,30,40-41H,7-18,20-21H2,(H,35,43)/t26-,30+/m0/s1. The number of aliphatic hydroxyl groups excluding tert-OH is 1. The number of piperidine rings is 2. The van der Waals surface area contributed by atoms with Gasteiger partial charge in [0.15, 0.2) is 6.10 Å². The molecule has 3 N–H and O–H groups in total. The number of phenols is 1. The van der Waals surface area contributed by atoms with E-state index in [2.05, 4.69) is 26.1 Å². The smallest absolute Gasteiger partial charge is 0.410 e. The molecule has 4 amide bonds. The molecule has 0 saturated carbocycles. The lowest BCUT2D eigenvalue weighted by Gasteiger charge is -2.39. The maximum absolute atomic E-state index is 13.8. The molecule has 0 spiro atoms. The van der Waals surface area contributed by atoms with Gasteiger partial charge in [-0.3, -0.25) is 9.69 Å². The number of nitrogens with one attached hydrogen (secondary N) is 1. The Morgan fingerprint density at radius 2 is 1.64 bits per heavy atom. The number of carbonyl (C=O) groups is 3. The van der Waals surface area contributed by atoms with E-state index in [0.29, 0.717) is 62.6 Å². The van der Waals surface area contributed by atoms with Gasteiger partial charge in [0.1, 0.15) is 5.75 Å². The first-order chi connectivity index (χ1) is 21.7. The molecule has 4 heterocycles. The first kappa shape index (κ1) is 31.6. The summed E-state index contributed by atoms with van der Waals surface area (Å²) in [6, 6.07) is 13.1. The molecule has 2 atom stereocenters. The fraction of sp³-hybridized carbons (Fsp3) is 0.545. The molecule has 4 aliphatic heterocycles. The molecule has 2 aromatic carbocycles. The molecule has 0 unspecified atom stereocenters. The lowest BCUT2D eigenvalue weighted by Crippen LogP contribution is -2.52. The lowest BCUT2D eigenvalue weighted by molar-refractivity contribution is -0.142. The van der Waals surface area contributed by atoms with Gasteiger partial charge in [-0.1, -0.05) is 24.3 Å². The first-order valence-corrected chi connectivity index (χ1v) is 16.8. The van der Waals surface area contributed by atoms with Crippen molar-refractivity contribution in [1.82, 2.24) is 19.6 Å². The number of aliphatic hydroxyl groups is 1. The quantitative estimate of drug-likeness (QED) is 0.423. The summed E-state index contributed by atoms with van der Waals surface area (Å²) in [7, 11) is 0. The molecule has 3 saturated heterocycles. The zero-order valence-electron chi connectivity index (χ0n) is 25.4. The second kappa shape index (κ2) is 14.0. The first-order valence-electron chi connectivity index (χ1n) is 16.0. The number of likely N-dealkylation sites (tertiary alicyclic amines) is 3. The highest BCUT2D eigenvalue weighted by Gasteiger charge is 2.37. The van der Waals surface area contributed by atoms with Gasteiger partial charge in [-0.05, 0) is 83.8 Å². The molecule has 0 aliphatic carbocycles. The van der Waals surface area contributed by atoms with E-state index in [1.54, 1.807) is 28.0 Å². The fourth-order valence-corrected chi connectivity index (χ4v) is 7.55. The van der Waals surface area contributed by atoms with Crippen molar-refractivity contribution in [3.63, 3.8) is 0 Å². The highest BCUT2D eigenvalue weighted by atomic mass is 79.9. The molecule has 45 heavy (non-hydrogen) atoms. The van der Waals surface area contributed by atoms with Crippen molar-refractivity contribution in [2.24, 2.45) is 0 Å². The van der Waals surface area contributed by atoms with Crippen LogP contribution in [0.2, 0.25) is 0 Å². The van der Waals surface area contributed by atoms with Crippen LogP contribution in [0.4, 0.5) is 15.3 Å². The Hall–Kier alpha value is -3.35. The maximum Gasteiger partial charge on any atom is 0.410 e. The van der Waals surface area contributed by atoms with E-state index in [0.717, 1.165) is 49.0 Å². The van der Waals surface area contributed by atoms with Crippen LogP contribution in [0.5, 0.6) is 5.75 Å². The SMILES string of the molecule is O=C(O[C@H](Cc1ccc(O)c(Br)c1)C(=O)N1CCC(N2CC[C@H](O)C2)CC1)N1CCC(N2CCc3ccccc3NC2=O)CC1. The number of fused-ring (bicyclic) bond motifs is 1. The Morgan fingerprint density at radius 3 is 2.36 bits per heavy atom. The predicted octanol–water partition coefficient (Wildman–Crippen LogP) is 3.81. The van der Waals surface area contributed by atoms with Crippen LogP contribution in [0.15, 0.2) is 46.9 Å². The van der Waals surface area contributed by atoms with E-state index in [9.17, 15) is 24.6 Å². The van der Waals surface area contributed by atoms with E-state index >= 15 is 0 Å². The maximum atomic E-state index is 13.8. The monoisotopic (exact) mass is 683 g/mol. The average Bonchev–Trinajstić information content (AvgIpc) is 3.41. The Morgan fingerprint density at radius 1 is 0.933 bits per heavy atom. The number of β-amino-alcohol motifs (C(OH)–C–C–N with tert-alkyl or cyclic N) is 1. The van der Waals surface area contributed by atoms with Gasteiger partial charge in [0, 0.05) is 70.0 Å². The highest BCUT2D eigenvalue weighted by molar-refractivity contribution is 9.10. The molecule has 12 heteroatoms. The molecule has 2 aromatic rings. The number of urea groups is 1. The number of nitrogens with zero attached hydrogens (tertiary/aromatic N) is 4. The van der Waals surface area contributed by atoms with Crippen LogP contribution in [0.3, 0.4) is 0 Å². The predicted molar refractivity (Wildman–Crippen MR) is 172 cm³/mol. The summed E-state index contributed by atoms with van der Waals surface area (Å²) in [6.45, 7) is 4.17. The summed E-state index contributed by atoms with van der Waals surface area (Å²) in [6.07, 6.45) is 2.81. The average molecular weight is 685 g/mol. The van der Waals surface area contributed by atoms with E-state index < -0.39 is 12.2 Å². The van der Waals surface area contributed by atoms with Crippen molar-refractivity contribution >= 4 is 39.6 Å². The van der Waals surface area contributed by atoms with Gasteiger partial charge in [0.2, 0.25) is 0 Å². The van der Waals surface area contributed by atoms with E-state index in [-0.39, 0.29) is 36.3 Å². The Bertz CT molecular complexity index is 1390. The second-order valence-electron chi connectivity index (χ2n) is 12.6. The number of phenolic OH excluding ortho intramolecular Hbond substituents is 1. The number of hydrogen-bond donors (Lipinski definition) is 3. The van der Waals surface area contributed by atoms with Crippen molar-refractivity contribution in [2.45, 2.75) is 69.2 Å². The van der Waals surface area contributed by atoms with Crippen LogP contribution in [-0.4, -0.2) is 118 Å².